The van der Waals surface area contributed by atoms with E-state index in [0.29, 0.717) is 11.3 Å². The van der Waals surface area contributed by atoms with Gasteiger partial charge in [0.25, 0.3) is 11.6 Å². The maximum absolute atomic E-state index is 11.8. The quantitative estimate of drug-likeness (QED) is 0.286. The molecule has 2 aromatic carbocycles. The minimum absolute atomic E-state index is 0.0425. The van der Waals surface area contributed by atoms with Crippen LogP contribution < -0.4 is 20.9 Å². The van der Waals surface area contributed by atoms with Gasteiger partial charge < -0.3 is 4.74 Å². The molecule has 10 heteroatoms. The topological polar surface area (TPSA) is 123 Å². The fraction of sp³-hybridized carbons (Fsp3) is 0.105. The monoisotopic (exact) mass is 414 g/mol. The first-order valence-corrected chi connectivity index (χ1v) is 8.76. The van der Waals surface area contributed by atoms with Crippen molar-refractivity contribution in [2.75, 3.05) is 6.61 Å². The molecule has 0 atom stereocenters. The second-order valence-corrected chi connectivity index (χ2v) is 6.18. The molecular formula is C19H18N4O5S. The Labute approximate surface area is 171 Å². The lowest BCUT2D eigenvalue weighted by Gasteiger charge is -2.10. The normalized spacial score (nSPS) is 10.2. The summed E-state index contributed by atoms with van der Waals surface area (Å²) >= 11 is 4.91. The van der Waals surface area contributed by atoms with E-state index in [2.05, 4.69) is 16.2 Å². The molecule has 0 aliphatic carbocycles. The number of benzene rings is 2. The Morgan fingerprint density at radius 2 is 1.76 bits per heavy atom. The van der Waals surface area contributed by atoms with Gasteiger partial charge in [-0.05, 0) is 55.0 Å². The summed E-state index contributed by atoms with van der Waals surface area (Å²) in [6.07, 6.45) is 2.67. The first-order valence-electron chi connectivity index (χ1n) is 8.35. The Hall–Kier alpha value is -3.79. The smallest absolute Gasteiger partial charge is 0.276 e. The molecule has 0 aromatic heterocycles. The van der Waals surface area contributed by atoms with Crippen LogP contribution in [0.15, 0.2) is 54.6 Å². The molecule has 3 N–H and O–H groups in total. The van der Waals surface area contributed by atoms with Crippen molar-refractivity contribution >= 4 is 40.9 Å². The minimum atomic E-state index is -0.536. The van der Waals surface area contributed by atoms with Gasteiger partial charge in [0.2, 0.25) is 5.91 Å². The van der Waals surface area contributed by atoms with Crippen molar-refractivity contribution in [1.29, 1.82) is 0 Å². The van der Waals surface area contributed by atoms with Gasteiger partial charge in [-0.15, -0.1) is 0 Å². The van der Waals surface area contributed by atoms with Gasteiger partial charge in [0.1, 0.15) is 5.75 Å². The molecule has 0 unspecified atom stereocenters. The third-order valence-electron chi connectivity index (χ3n) is 3.47. The highest BCUT2D eigenvalue weighted by molar-refractivity contribution is 7.80. The standard InChI is InChI=1S/C19H18N4O5S/c1-13-2-9-16(10-3-13)28-12-18(25)21-22-19(29)20-17(24)11-6-14-4-7-15(8-5-14)23(26)27/h2-11H,12H2,1H3,(H,21,25)(H2,20,22,24,29)/b11-6+. The average molecular weight is 414 g/mol. The summed E-state index contributed by atoms with van der Waals surface area (Å²) in [5.41, 5.74) is 6.33. The molecule has 0 saturated carbocycles. The molecule has 0 heterocycles. The summed E-state index contributed by atoms with van der Waals surface area (Å²) < 4.78 is 5.31. The summed E-state index contributed by atoms with van der Waals surface area (Å²) in [5, 5.41) is 12.8. The van der Waals surface area contributed by atoms with Crippen molar-refractivity contribution in [1.82, 2.24) is 16.2 Å². The number of nitro groups is 1. The highest BCUT2D eigenvalue weighted by Crippen LogP contribution is 2.13. The SMILES string of the molecule is Cc1ccc(OCC(=O)NNC(=S)NC(=O)/C=C/c2ccc([N+](=O)[O-])cc2)cc1. The largest absolute Gasteiger partial charge is 0.484 e. The molecule has 29 heavy (non-hydrogen) atoms. The number of ether oxygens (including phenoxy) is 1. The Bertz CT molecular complexity index is 927. The zero-order valence-electron chi connectivity index (χ0n) is 15.4. The number of non-ortho nitro benzene ring substituents is 1. The van der Waals surface area contributed by atoms with Gasteiger partial charge >= 0.3 is 0 Å². The Morgan fingerprint density at radius 3 is 2.38 bits per heavy atom. The van der Waals surface area contributed by atoms with Gasteiger partial charge in [-0.1, -0.05) is 17.7 Å². The van der Waals surface area contributed by atoms with E-state index in [0.717, 1.165) is 5.56 Å². The van der Waals surface area contributed by atoms with Crippen LogP contribution in [0.2, 0.25) is 0 Å². The zero-order chi connectivity index (χ0) is 21.2. The number of rotatable bonds is 6. The third kappa shape index (κ3) is 7.77. The lowest BCUT2D eigenvalue weighted by molar-refractivity contribution is -0.384. The highest BCUT2D eigenvalue weighted by atomic mass is 32.1. The number of nitro benzene ring substituents is 1. The second-order valence-electron chi connectivity index (χ2n) is 5.78. The van der Waals surface area contributed by atoms with Crippen LogP contribution in [0, 0.1) is 17.0 Å². The first kappa shape index (κ1) is 21.5. The van der Waals surface area contributed by atoms with E-state index >= 15 is 0 Å². The van der Waals surface area contributed by atoms with Crippen LogP contribution in [0.5, 0.6) is 5.75 Å². The molecule has 0 fully saturated rings. The molecule has 150 valence electrons. The number of amides is 2. The molecule has 0 spiro atoms. The fourth-order valence-electron chi connectivity index (χ4n) is 2.01. The summed E-state index contributed by atoms with van der Waals surface area (Å²) in [5.74, 6) is -0.465. The van der Waals surface area contributed by atoms with Gasteiger partial charge in [0, 0.05) is 18.2 Å². The van der Waals surface area contributed by atoms with Crippen molar-refractivity contribution < 1.29 is 19.2 Å². The summed E-state index contributed by atoms with van der Waals surface area (Å²) in [7, 11) is 0. The zero-order valence-corrected chi connectivity index (χ0v) is 16.2. The van der Waals surface area contributed by atoms with Gasteiger partial charge in [-0.3, -0.25) is 35.9 Å². The molecule has 2 rings (SSSR count). The predicted octanol–water partition coefficient (Wildman–Crippen LogP) is 2.02. The number of nitrogens with one attached hydrogen (secondary N) is 3. The molecule has 9 nitrogen and oxygen atoms in total. The number of hydrazine groups is 1. The van der Waals surface area contributed by atoms with E-state index in [4.69, 9.17) is 17.0 Å². The van der Waals surface area contributed by atoms with Gasteiger partial charge in [-0.2, -0.15) is 0 Å². The van der Waals surface area contributed by atoms with Crippen molar-refractivity contribution in [3.8, 4) is 5.75 Å². The van der Waals surface area contributed by atoms with Crippen LogP contribution in [-0.4, -0.2) is 28.5 Å². The fourth-order valence-corrected chi connectivity index (χ4v) is 2.16. The Kier molecular flexibility index (Phi) is 7.80. The lowest BCUT2D eigenvalue weighted by atomic mass is 10.2. The molecule has 2 aromatic rings. The van der Waals surface area contributed by atoms with Gasteiger partial charge in [0.05, 0.1) is 4.92 Å². The van der Waals surface area contributed by atoms with Crippen molar-refractivity contribution in [2.24, 2.45) is 0 Å². The maximum atomic E-state index is 11.8. The summed E-state index contributed by atoms with van der Waals surface area (Å²) in [6.45, 7) is 1.71. The summed E-state index contributed by atoms with van der Waals surface area (Å²) in [4.78, 5) is 33.6. The summed E-state index contributed by atoms with van der Waals surface area (Å²) in [6, 6.07) is 12.9. The van der Waals surface area contributed by atoms with Crippen LogP contribution in [0.25, 0.3) is 6.08 Å². The molecule has 2 amide bonds. The van der Waals surface area contributed by atoms with Gasteiger partial charge in [0.15, 0.2) is 11.7 Å². The van der Waals surface area contributed by atoms with E-state index in [1.165, 1.54) is 36.4 Å². The number of hydrogen-bond acceptors (Lipinski definition) is 6. The third-order valence-corrected chi connectivity index (χ3v) is 3.68. The minimum Gasteiger partial charge on any atom is -0.484 e. The predicted molar refractivity (Wildman–Crippen MR) is 111 cm³/mol. The Balaban J connectivity index is 1.70. The van der Waals surface area contributed by atoms with E-state index in [1.54, 1.807) is 12.1 Å². The van der Waals surface area contributed by atoms with E-state index in [9.17, 15) is 19.7 Å². The number of thiocarbonyl (C=S) groups is 1. The average Bonchev–Trinajstić information content (AvgIpc) is 2.70. The Morgan fingerprint density at radius 1 is 1.10 bits per heavy atom. The maximum Gasteiger partial charge on any atom is 0.276 e. The molecule has 0 saturated heterocycles. The van der Waals surface area contributed by atoms with Crippen molar-refractivity contribution in [2.45, 2.75) is 6.92 Å². The van der Waals surface area contributed by atoms with Crippen LogP contribution in [-0.2, 0) is 9.59 Å². The first-order chi connectivity index (χ1) is 13.8. The van der Waals surface area contributed by atoms with Crippen molar-refractivity contribution in [3.63, 3.8) is 0 Å². The van der Waals surface area contributed by atoms with E-state index in [-0.39, 0.29) is 17.4 Å². The number of hydrogen-bond donors (Lipinski definition) is 3. The number of carbonyl (C=O) groups is 2. The number of nitrogens with zero attached hydrogens (tertiary/aromatic N) is 1. The molecule has 0 radical (unpaired) electrons. The van der Waals surface area contributed by atoms with E-state index in [1.807, 2.05) is 19.1 Å². The molecule has 0 bridgehead atoms. The van der Waals surface area contributed by atoms with E-state index < -0.39 is 16.7 Å². The van der Waals surface area contributed by atoms with Crippen molar-refractivity contribution in [3.05, 3.63) is 75.8 Å². The molecule has 0 aliphatic rings. The van der Waals surface area contributed by atoms with Crippen LogP contribution in [0.1, 0.15) is 11.1 Å². The van der Waals surface area contributed by atoms with Gasteiger partial charge in [-0.25, -0.2) is 0 Å². The molecular weight excluding hydrogens is 396 g/mol. The highest BCUT2D eigenvalue weighted by Gasteiger charge is 2.06. The lowest BCUT2D eigenvalue weighted by Crippen LogP contribution is -2.49. The van der Waals surface area contributed by atoms with Crippen LogP contribution >= 0.6 is 12.2 Å². The second kappa shape index (κ2) is 10.5. The number of aryl methyl sites for hydroxylation is 1. The van der Waals surface area contributed by atoms with Crippen LogP contribution in [0.4, 0.5) is 5.69 Å². The molecule has 0 aliphatic heterocycles. The van der Waals surface area contributed by atoms with Crippen LogP contribution in [0.3, 0.4) is 0 Å². The number of carbonyl (C=O) groups excluding carboxylic acids is 2.